The first-order chi connectivity index (χ1) is 5.22. The molecular weight excluding hydrogens is 308 g/mol. The molecule has 0 saturated carbocycles. The van der Waals surface area contributed by atoms with Crippen molar-refractivity contribution in [3.05, 3.63) is 10.1 Å². The van der Waals surface area contributed by atoms with Crippen LogP contribution in [0.1, 0.15) is 0 Å². The van der Waals surface area contributed by atoms with Crippen molar-refractivity contribution in [3.8, 4) is 0 Å². The minimum absolute atomic E-state index is 0.0301. The van der Waals surface area contributed by atoms with Crippen LogP contribution in [-0.2, 0) is 0 Å². The highest BCUT2D eigenvalue weighted by Gasteiger charge is 2.58. The molecule has 0 unspecified atom stereocenters. The Balaban J connectivity index is 3.22. The minimum atomic E-state index is -1.52. The van der Waals surface area contributed by atoms with Crippen molar-refractivity contribution in [3.63, 3.8) is 0 Å². The summed E-state index contributed by atoms with van der Waals surface area (Å²) in [4.78, 5) is 0. The maximum absolute atomic E-state index is 5.75. The van der Waals surface area contributed by atoms with E-state index in [1.165, 1.54) is 0 Å². The smallest absolute Gasteiger partial charge is 0.116 e. The Morgan fingerprint density at radius 3 is 1.17 bits per heavy atom. The molecule has 0 bridgehead atoms. The van der Waals surface area contributed by atoms with Crippen molar-refractivity contribution in [2.75, 3.05) is 0 Å². The highest BCUT2D eigenvalue weighted by Crippen LogP contribution is 2.59. The fourth-order valence-electron chi connectivity index (χ4n) is 0.743. The predicted octanol–water partition coefficient (Wildman–Crippen LogP) is 4.64. The Hall–Kier alpha value is 1.77. The van der Waals surface area contributed by atoms with Gasteiger partial charge in [-0.05, 0) is 0 Å². The molecule has 0 fully saturated rings. The lowest BCUT2D eigenvalue weighted by Crippen LogP contribution is -2.33. The normalized spacial score (nSPS) is 28.2. The summed E-state index contributed by atoms with van der Waals surface area (Å²) >= 11 is 40.0. The number of halogens is 7. The summed E-state index contributed by atoms with van der Waals surface area (Å²) in [5.41, 5.74) is 0. The summed E-state index contributed by atoms with van der Waals surface area (Å²) in [7, 11) is 0. The monoisotopic (exact) mass is 306 g/mol. The third kappa shape index (κ3) is 1.54. The predicted molar refractivity (Wildman–Crippen MR) is 57.2 cm³/mol. The van der Waals surface area contributed by atoms with Gasteiger partial charge < -0.3 is 0 Å². The first-order valence-electron chi connectivity index (χ1n) is 2.68. The molecular formula is C5HCl7. The SMILES string of the molecule is ClC1=C(Cl)C(Cl)(Cl)C(Cl)C1(Cl)Cl. The molecule has 0 atom stereocenters. The molecule has 0 aliphatic heterocycles. The standard InChI is InChI=1S/C5HCl7/c6-1-2(7)5(11,12)3(8)4(1,9)10/h3H. The molecule has 0 N–H and O–H groups in total. The van der Waals surface area contributed by atoms with Gasteiger partial charge in [-0.3, -0.25) is 0 Å². The summed E-state index contributed by atoms with van der Waals surface area (Å²) in [5, 5.41) is -1.04. The Morgan fingerprint density at radius 2 is 1.08 bits per heavy atom. The number of alkyl halides is 5. The van der Waals surface area contributed by atoms with E-state index < -0.39 is 14.0 Å². The van der Waals surface area contributed by atoms with Crippen LogP contribution in [0.4, 0.5) is 0 Å². The quantitative estimate of drug-likeness (QED) is 0.572. The Kier molecular flexibility index (Phi) is 3.37. The molecule has 70 valence electrons. The van der Waals surface area contributed by atoms with Crippen LogP contribution >= 0.6 is 81.2 Å². The van der Waals surface area contributed by atoms with Gasteiger partial charge in [0.15, 0.2) is 8.67 Å². The van der Waals surface area contributed by atoms with Crippen LogP contribution in [0.3, 0.4) is 0 Å². The van der Waals surface area contributed by atoms with E-state index >= 15 is 0 Å². The molecule has 0 spiro atoms. The summed E-state index contributed by atoms with van der Waals surface area (Å²) in [6, 6.07) is 0. The lowest BCUT2D eigenvalue weighted by atomic mass is 10.3. The molecule has 0 aromatic rings. The van der Waals surface area contributed by atoms with E-state index in [4.69, 9.17) is 81.2 Å². The van der Waals surface area contributed by atoms with Crippen molar-refractivity contribution in [1.82, 2.24) is 0 Å². The van der Waals surface area contributed by atoms with Gasteiger partial charge in [0.2, 0.25) is 0 Å². The lowest BCUT2D eigenvalue weighted by molar-refractivity contribution is 0.839. The topological polar surface area (TPSA) is 0 Å². The van der Waals surface area contributed by atoms with E-state index in [9.17, 15) is 0 Å². The second kappa shape index (κ2) is 3.41. The zero-order chi connectivity index (χ0) is 9.73. The molecule has 12 heavy (non-hydrogen) atoms. The number of allylic oxidation sites excluding steroid dienone is 2. The number of hydrogen-bond donors (Lipinski definition) is 0. The van der Waals surface area contributed by atoms with Crippen LogP contribution in [0.15, 0.2) is 10.1 Å². The molecule has 0 amide bonds. The first kappa shape index (κ1) is 11.8. The maximum atomic E-state index is 5.75. The third-order valence-electron chi connectivity index (χ3n) is 1.41. The fourth-order valence-corrected chi connectivity index (χ4v) is 3.04. The van der Waals surface area contributed by atoms with Gasteiger partial charge >= 0.3 is 0 Å². The lowest BCUT2D eigenvalue weighted by Gasteiger charge is -2.23. The van der Waals surface area contributed by atoms with E-state index in [0.29, 0.717) is 0 Å². The van der Waals surface area contributed by atoms with Crippen molar-refractivity contribution >= 4 is 81.2 Å². The molecule has 0 aromatic heterocycles. The van der Waals surface area contributed by atoms with E-state index in [1.807, 2.05) is 0 Å². The van der Waals surface area contributed by atoms with Crippen LogP contribution in [0.5, 0.6) is 0 Å². The average Bonchev–Trinajstić information content (AvgIpc) is 2.06. The van der Waals surface area contributed by atoms with Gasteiger partial charge in [-0.25, -0.2) is 0 Å². The molecule has 1 aliphatic carbocycles. The zero-order valence-electron chi connectivity index (χ0n) is 5.22. The summed E-state index contributed by atoms with van der Waals surface area (Å²) in [5.74, 6) is 0. The van der Waals surface area contributed by atoms with Crippen LogP contribution in [0.2, 0.25) is 0 Å². The highest BCUT2D eigenvalue weighted by atomic mass is 35.5. The second-order valence-electron chi connectivity index (χ2n) is 2.24. The molecule has 1 aliphatic rings. The Bertz CT molecular complexity index is 216. The van der Waals surface area contributed by atoms with Crippen LogP contribution in [0.25, 0.3) is 0 Å². The summed E-state index contributed by atoms with van der Waals surface area (Å²) in [6.07, 6.45) is 0. The fraction of sp³-hybridized carbons (Fsp3) is 0.600. The van der Waals surface area contributed by atoms with Gasteiger partial charge in [0.05, 0.1) is 10.1 Å². The van der Waals surface area contributed by atoms with Crippen LogP contribution < -0.4 is 0 Å². The van der Waals surface area contributed by atoms with E-state index in [0.717, 1.165) is 0 Å². The molecule has 0 nitrogen and oxygen atoms in total. The number of rotatable bonds is 0. The molecule has 0 radical (unpaired) electrons. The summed E-state index contributed by atoms with van der Waals surface area (Å²) < 4.78 is -3.05. The molecule has 0 heterocycles. The Labute approximate surface area is 105 Å². The third-order valence-corrected chi connectivity index (χ3v) is 5.60. The van der Waals surface area contributed by atoms with Crippen molar-refractivity contribution < 1.29 is 0 Å². The molecule has 1 rings (SSSR count). The van der Waals surface area contributed by atoms with Crippen LogP contribution in [-0.4, -0.2) is 14.0 Å². The maximum Gasteiger partial charge on any atom is 0.174 e. The molecule has 0 saturated heterocycles. The highest BCUT2D eigenvalue weighted by molar-refractivity contribution is 6.69. The van der Waals surface area contributed by atoms with Gasteiger partial charge in [0.1, 0.15) is 5.38 Å². The van der Waals surface area contributed by atoms with E-state index in [-0.39, 0.29) is 10.1 Å². The largest absolute Gasteiger partial charge is 0.174 e. The first-order valence-corrected chi connectivity index (χ1v) is 5.38. The zero-order valence-corrected chi connectivity index (χ0v) is 10.5. The minimum Gasteiger partial charge on any atom is -0.116 e. The van der Waals surface area contributed by atoms with Crippen molar-refractivity contribution in [1.29, 1.82) is 0 Å². The molecule has 0 aromatic carbocycles. The van der Waals surface area contributed by atoms with Gasteiger partial charge in [0.25, 0.3) is 0 Å². The summed E-state index contributed by atoms with van der Waals surface area (Å²) in [6.45, 7) is 0. The van der Waals surface area contributed by atoms with Crippen LogP contribution in [0, 0.1) is 0 Å². The van der Waals surface area contributed by atoms with Crippen molar-refractivity contribution in [2.24, 2.45) is 0 Å². The molecule has 7 heteroatoms. The average molecular weight is 309 g/mol. The van der Waals surface area contributed by atoms with E-state index in [2.05, 4.69) is 0 Å². The second-order valence-corrected chi connectivity index (χ2v) is 6.20. The number of hydrogen-bond acceptors (Lipinski definition) is 0. The van der Waals surface area contributed by atoms with Gasteiger partial charge in [-0.15, -0.1) is 11.6 Å². The Morgan fingerprint density at radius 1 is 0.833 bits per heavy atom. The van der Waals surface area contributed by atoms with Crippen molar-refractivity contribution in [2.45, 2.75) is 14.0 Å². The van der Waals surface area contributed by atoms with Gasteiger partial charge in [-0.1, -0.05) is 69.6 Å². The van der Waals surface area contributed by atoms with Gasteiger partial charge in [0, 0.05) is 0 Å². The van der Waals surface area contributed by atoms with E-state index in [1.54, 1.807) is 0 Å². The van der Waals surface area contributed by atoms with Gasteiger partial charge in [-0.2, -0.15) is 0 Å².